The van der Waals surface area contributed by atoms with Crippen LogP contribution in [0.25, 0.3) is 0 Å². The summed E-state index contributed by atoms with van der Waals surface area (Å²) in [6.45, 7) is 2.32. The quantitative estimate of drug-likeness (QED) is 0.765. The molecule has 3 atom stereocenters. The Morgan fingerprint density at radius 2 is 2.21 bits per heavy atom. The summed E-state index contributed by atoms with van der Waals surface area (Å²) in [4.78, 5) is 11.8. The molecule has 2 rings (SSSR count). The summed E-state index contributed by atoms with van der Waals surface area (Å²) < 4.78 is 5.69. The maximum absolute atomic E-state index is 11.8. The molecule has 1 aliphatic heterocycles. The van der Waals surface area contributed by atoms with E-state index < -0.39 is 0 Å². The third kappa shape index (κ3) is 3.68. The SMILES string of the molecule is C[C@@H](CO)NC(=O)NC1CCOC1c1ccccc1. The smallest absolute Gasteiger partial charge is 0.315 e. The van der Waals surface area contributed by atoms with Crippen LogP contribution in [0.15, 0.2) is 30.3 Å². The molecule has 0 radical (unpaired) electrons. The third-order valence-electron chi connectivity index (χ3n) is 3.19. The molecule has 1 saturated heterocycles. The van der Waals surface area contributed by atoms with E-state index in [2.05, 4.69) is 10.6 Å². The number of aliphatic hydroxyl groups excluding tert-OH is 1. The van der Waals surface area contributed by atoms with Crippen molar-refractivity contribution in [2.75, 3.05) is 13.2 Å². The van der Waals surface area contributed by atoms with E-state index in [1.54, 1.807) is 6.92 Å². The lowest BCUT2D eigenvalue weighted by Crippen LogP contribution is -2.47. The van der Waals surface area contributed by atoms with Crippen molar-refractivity contribution in [1.29, 1.82) is 0 Å². The molecule has 0 bridgehead atoms. The van der Waals surface area contributed by atoms with Gasteiger partial charge in [0.15, 0.2) is 0 Å². The number of carbonyl (C=O) groups excluding carboxylic acids is 1. The summed E-state index contributed by atoms with van der Waals surface area (Å²) in [6, 6.07) is 9.32. The highest BCUT2D eigenvalue weighted by Gasteiger charge is 2.30. The van der Waals surface area contributed by atoms with Crippen LogP contribution in [0.3, 0.4) is 0 Å². The summed E-state index contributed by atoms with van der Waals surface area (Å²) in [7, 11) is 0. The molecule has 0 spiro atoms. The zero-order chi connectivity index (χ0) is 13.7. The first-order valence-corrected chi connectivity index (χ1v) is 6.55. The zero-order valence-corrected chi connectivity index (χ0v) is 11.0. The Bertz CT molecular complexity index is 410. The highest BCUT2D eigenvalue weighted by Crippen LogP contribution is 2.28. The van der Waals surface area contributed by atoms with E-state index in [0.717, 1.165) is 12.0 Å². The Kier molecular flexibility index (Phi) is 4.76. The van der Waals surface area contributed by atoms with E-state index in [4.69, 9.17) is 9.84 Å². The summed E-state index contributed by atoms with van der Waals surface area (Å²) in [5.74, 6) is 0. The van der Waals surface area contributed by atoms with Gasteiger partial charge in [0.1, 0.15) is 6.10 Å². The van der Waals surface area contributed by atoms with Gasteiger partial charge in [-0.25, -0.2) is 4.79 Å². The number of ether oxygens (including phenoxy) is 1. The van der Waals surface area contributed by atoms with Crippen molar-refractivity contribution in [3.05, 3.63) is 35.9 Å². The van der Waals surface area contributed by atoms with Gasteiger partial charge in [0.2, 0.25) is 0 Å². The zero-order valence-electron chi connectivity index (χ0n) is 11.0. The average Bonchev–Trinajstić information content (AvgIpc) is 2.87. The average molecular weight is 264 g/mol. The van der Waals surface area contributed by atoms with E-state index in [0.29, 0.717) is 6.61 Å². The van der Waals surface area contributed by atoms with Gasteiger partial charge < -0.3 is 20.5 Å². The number of urea groups is 1. The van der Waals surface area contributed by atoms with Crippen molar-refractivity contribution in [2.24, 2.45) is 0 Å². The number of rotatable bonds is 4. The summed E-state index contributed by atoms with van der Waals surface area (Å²) in [6.07, 6.45) is 0.692. The first-order chi connectivity index (χ1) is 9.20. The van der Waals surface area contributed by atoms with Gasteiger partial charge in [-0.2, -0.15) is 0 Å². The van der Waals surface area contributed by atoms with Gasteiger partial charge in [-0.05, 0) is 18.9 Å². The van der Waals surface area contributed by atoms with Gasteiger partial charge in [-0.1, -0.05) is 30.3 Å². The lowest BCUT2D eigenvalue weighted by molar-refractivity contribution is 0.0997. The molecule has 0 aromatic heterocycles. The number of benzene rings is 1. The molecule has 3 N–H and O–H groups in total. The van der Waals surface area contributed by atoms with E-state index >= 15 is 0 Å². The maximum Gasteiger partial charge on any atom is 0.315 e. The van der Waals surface area contributed by atoms with Crippen LogP contribution < -0.4 is 10.6 Å². The molecule has 1 fully saturated rings. The summed E-state index contributed by atoms with van der Waals surface area (Å²) in [5.41, 5.74) is 1.07. The molecule has 1 heterocycles. The molecular weight excluding hydrogens is 244 g/mol. The van der Waals surface area contributed by atoms with Crippen LogP contribution in [-0.4, -0.2) is 36.4 Å². The van der Waals surface area contributed by atoms with Crippen molar-refractivity contribution < 1.29 is 14.6 Å². The monoisotopic (exact) mass is 264 g/mol. The van der Waals surface area contributed by atoms with Crippen LogP contribution in [-0.2, 0) is 4.74 Å². The Labute approximate surface area is 113 Å². The largest absolute Gasteiger partial charge is 0.394 e. The molecule has 2 amide bonds. The predicted octanol–water partition coefficient (Wildman–Crippen LogP) is 1.20. The Morgan fingerprint density at radius 1 is 1.47 bits per heavy atom. The minimum atomic E-state index is -0.266. The van der Waals surface area contributed by atoms with Gasteiger partial charge in [0.25, 0.3) is 0 Å². The second-order valence-corrected chi connectivity index (χ2v) is 4.80. The van der Waals surface area contributed by atoms with Gasteiger partial charge in [-0.3, -0.25) is 0 Å². The number of hydrogen-bond acceptors (Lipinski definition) is 3. The van der Waals surface area contributed by atoms with E-state index in [1.165, 1.54) is 0 Å². The van der Waals surface area contributed by atoms with Crippen molar-refractivity contribution >= 4 is 6.03 Å². The number of nitrogens with one attached hydrogen (secondary N) is 2. The second-order valence-electron chi connectivity index (χ2n) is 4.80. The van der Waals surface area contributed by atoms with Crippen LogP contribution in [0.4, 0.5) is 4.79 Å². The molecule has 104 valence electrons. The Morgan fingerprint density at radius 3 is 2.89 bits per heavy atom. The second kappa shape index (κ2) is 6.54. The molecule has 5 heteroatoms. The fourth-order valence-electron chi connectivity index (χ4n) is 2.19. The highest BCUT2D eigenvalue weighted by atomic mass is 16.5. The molecule has 1 aromatic rings. The minimum absolute atomic E-state index is 0.0340. The molecule has 1 aromatic carbocycles. The highest BCUT2D eigenvalue weighted by molar-refractivity contribution is 5.74. The maximum atomic E-state index is 11.8. The number of aliphatic hydroxyl groups is 1. The van der Waals surface area contributed by atoms with Crippen molar-refractivity contribution in [2.45, 2.75) is 31.5 Å². The fraction of sp³-hybridized carbons (Fsp3) is 0.500. The molecule has 0 saturated carbocycles. The first kappa shape index (κ1) is 13.8. The standard InChI is InChI=1S/C14H20N2O3/c1-10(9-17)15-14(18)16-12-7-8-19-13(12)11-5-3-2-4-6-11/h2-6,10,12-13,17H,7-9H2,1H3,(H2,15,16,18)/t10-,12?,13?/m0/s1. The fourth-order valence-corrected chi connectivity index (χ4v) is 2.19. The third-order valence-corrected chi connectivity index (χ3v) is 3.19. The Hall–Kier alpha value is -1.59. The molecule has 2 unspecified atom stereocenters. The van der Waals surface area contributed by atoms with Gasteiger partial charge >= 0.3 is 6.03 Å². The van der Waals surface area contributed by atoms with Crippen LogP contribution in [0.1, 0.15) is 25.0 Å². The molecule has 5 nitrogen and oxygen atoms in total. The Balaban J connectivity index is 1.94. The lowest BCUT2D eigenvalue weighted by Gasteiger charge is -2.21. The number of hydrogen-bond donors (Lipinski definition) is 3. The van der Waals surface area contributed by atoms with Crippen molar-refractivity contribution in [1.82, 2.24) is 10.6 Å². The summed E-state index contributed by atoms with van der Waals surface area (Å²) in [5, 5.41) is 14.5. The normalized spacial score (nSPS) is 23.9. The minimum Gasteiger partial charge on any atom is -0.394 e. The molecule has 1 aliphatic rings. The van der Waals surface area contributed by atoms with Crippen molar-refractivity contribution in [3.8, 4) is 0 Å². The topological polar surface area (TPSA) is 70.6 Å². The molecule has 19 heavy (non-hydrogen) atoms. The van der Waals surface area contributed by atoms with Gasteiger partial charge in [0, 0.05) is 6.61 Å². The summed E-state index contributed by atoms with van der Waals surface area (Å²) >= 11 is 0. The van der Waals surface area contributed by atoms with E-state index in [9.17, 15) is 4.79 Å². The first-order valence-electron chi connectivity index (χ1n) is 6.55. The van der Waals surface area contributed by atoms with E-state index in [-0.39, 0.29) is 30.8 Å². The van der Waals surface area contributed by atoms with E-state index in [1.807, 2.05) is 30.3 Å². The number of amides is 2. The van der Waals surface area contributed by atoms with Gasteiger partial charge in [-0.15, -0.1) is 0 Å². The van der Waals surface area contributed by atoms with Crippen molar-refractivity contribution in [3.63, 3.8) is 0 Å². The van der Waals surface area contributed by atoms with Crippen LogP contribution >= 0.6 is 0 Å². The molecular formula is C14H20N2O3. The van der Waals surface area contributed by atoms with Crippen LogP contribution in [0.2, 0.25) is 0 Å². The van der Waals surface area contributed by atoms with Crippen LogP contribution in [0.5, 0.6) is 0 Å². The van der Waals surface area contributed by atoms with Crippen LogP contribution in [0, 0.1) is 0 Å². The predicted molar refractivity (Wildman–Crippen MR) is 71.8 cm³/mol. The number of carbonyl (C=O) groups is 1. The lowest BCUT2D eigenvalue weighted by atomic mass is 10.0. The van der Waals surface area contributed by atoms with Gasteiger partial charge in [0.05, 0.1) is 18.7 Å². The molecule has 0 aliphatic carbocycles.